The molecule has 0 unspecified atom stereocenters. The number of sulfonamides is 1. The van der Waals surface area contributed by atoms with Gasteiger partial charge in [-0.1, -0.05) is 24.3 Å². The van der Waals surface area contributed by atoms with Gasteiger partial charge in [0.2, 0.25) is 10.0 Å². The van der Waals surface area contributed by atoms with Crippen LogP contribution in [0.3, 0.4) is 0 Å². The van der Waals surface area contributed by atoms with Crippen molar-refractivity contribution in [1.82, 2.24) is 4.72 Å². The first-order chi connectivity index (χ1) is 8.59. The lowest BCUT2D eigenvalue weighted by atomic mass is 10.1. The lowest BCUT2D eigenvalue weighted by molar-refractivity contribution is 0.133. The quantitative estimate of drug-likeness (QED) is 0.744. The number of nitrogens with one attached hydrogen (secondary N) is 1. The first kappa shape index (κ1) is 15.4. The summed E-state index contributed by atoms with van der Waals surface area (Å²) in [5.41, 5.74) is 1.91. The summed E-state index contributed by atoms with van der Waals surface area (Å²) in [6.45, 7) is 3.31. The number of hydrogen-bond donors (Lipinski definition) is 1. The van der Waals surface area contributed by atoms with Crippen LogP contribution in [0.4, 0.5) is 0 Å². The van der Waals surface area contributed by atoms with Crippen molar-refractivity contribution in [3.8, 4) is 0 Å². The highest BCUT2D eigenvalue weighted by atomic mass is 35.5. The van der Waals surface area contributed by atoms with Gasteiger partial charge in [0.15, 0.2) is 0 Å². The molecule has 18 heavy (non-hydrogen) atoms. The zero-order valence-electron chi connectivity index (χ0n) is 10.4. The normalized spacial score (nSPS) is 11.7. The van der Waals surface area contributed by atoms with E-state index < -0.39 is 10.0 Å². The highest BCUT2D eigenvalue weighted by molar-refractivity contribution is 7.89. The van der Waals surface area contributed by atoms with E-state index in [1.54, 1.807) is 0 Å². The highest BCUT2D eigenvalue weighted by Gasteiger charge is 2.10. The summed E-state index contributed by atoms with van der Waals surface area (Å²) in [6, 6.07) is 7.60. The summed E-state index contributed by atoms with van der Waals surface area (Å²) in [5.74, 6) is 0.0259. The maximum atomic E-state index is 11.5. The van der Waals surface area contributed by atoms with Gasteiger partial charge in [0.25, 0.3) is 0 Å². The molecule has 6 heteroatoms. The Bertz CT molecular complexity index is 462. The van der Waals surface area contributed by atoms with E-state index in [4.69, 9.17) is 16.3 Å². The maximum Gasteiger partial charge on any atom is 0.213 e. The van der Waals surface area contributed by atoms with E-state index in [1.165, 1.54) is 0 Å². The van der Waals surface area contributed by atoms with Crippen LogP contribution >= 0.6 is 11.6 Å². The van der Waals surface area contributed by atoms with Crippen LogP contribution in [0.1, 0.15) is 18.1 Å². The highest BCUT2D eigenvalue weighted by Crippen LogP contribution is 2.10. The molecular formula is C12H18ClNO3S. The molecule has 102 valence electrons. The Labute approximate surface area is 113 Å². The van der Waals surface area contributed by atoms with E-state index in [2.05, 4.69) is 4.72 Å². The molecule has 0 heterocycles. The standard InChI is InChI=1S/C12H18ClNO3S/c1-2-17-10-12-6-4-3-5-11(12)9-14-18(15,16)8-7-13/h3-6,14H,2,7-10H2,1H3. The van der Waals surface area contributed by atoms with Crippen LogP contribution in [0.2, 0.25) is 0 Å². The Morgan fingerprint density at radius 3 is 2.56 bits per heavy atom. The number of rotatable bonds is 8. The van der Waals surface area contributed by atoms with Crippen molar-refractivity contribution in [2.24, 2.45) is 0 Å². The summed E-state index contributed by atoms with van der Waals surface area (Å²) >= 11 is 5.43. The Morgan fingerprint density at radius 2 is 1.94 bits per heavy atom. The molecule has 1 aromatic carbocycles. The number of ether oxygens (including phenoxy) is 1. The topological polar surface area (TPSA) is 55.4 Å². The summed E-state index contributed by atoms with van der Waals surface area (Å²) in [4.78, 5) is 0. The molecule has 0 saturated carbocycles. The van der Waals surface area contributed by atoms with Crippen molar-refractivity contribution in [2.45, 2.75) is 20.1 Å². The second-order valence-corrected chi connectivity index (χ2v) is 6.04. The number of benzene rings is 1. The molecule has 0 spiro atoms. The molecule has 1 aromatic rings. The maximum absolute atomic E-state index is 11.5. The summed E-state index contributed by atoms with van der Waals surface area (Å²) in [7, 11) is -3.29. The van der Waals surface area contributed by atoms with E-state index in [0.717, 1.165) is 11.1 Å². The van der Waals surface area contributed by atoms with Gasteiger partial charge in [0, 0.05) is 19.0 Å². The van der Waals surface area contributed by atoms with Gasteiger partial charge in [-0.3, -0.25) is 0 Å². The van der Waals surface area contributed by atoms with Crippen LogP contribution in [0.15, 0.2) is 24.3 Å². The van der Waals surface area contributed by atoms with Crippen molar-refractivity contribution in [2.75, 3.05) is 18.2 Å². The minimum Gasteiger partial charge on any atom is -0.377 e. The molecule has 0 aliphatic heterocycles. The minimum atomic E-state index is -3.29. The number of alkyl halides is 1. The van der Waals surface area contributed by atoms with Crippen molar-refractivity contribution < 1.29 is 13.2 Å². The number of halogens is 1. The van der Waals surface area contributed by atoms with Gasteiger partial charge in [0.05, 0.1) is 12.4 Å². The van der Waals surface area contributed by atoms with E-state index in [0.29, 0.717) is 13.2 Å². The van der Waals surface area contributed by atoms with Crippen molar-refractivity contribution in [3.05, 3.63) is 35.4 Å². The Morgan fingerprint density at radius 1 is 1.28 bits per heavy atom. The van der Waals surface area contributed by atoms with Crippen molar-refractivity contribution in [1.29, 1.82) is 0 Å². The van der Waals surface area contributed by atoms with Crippen LogP contribution < -0.4 is 4.72 Å². The monoisotopic (exact) mass is 291 g/mol. The molecule has 0 radical (unpaired) electrons. The fraction of sp³-hybridized carbons (Fsp3) is 0.500. The van der Waals surface area contributed by atoms with Gasteiger partial charge in [-0.15, -0.1) is 11.6 Å². The van der Waals surface area contributed by atoms with Crippen LogP contribution in [0.25, 0.3) is 0 Å². The van der Waals surface area contributed by atoms with Crippen LogP contribution in [0, 0.1) is 0 Å². The Hall–Kier alpha value is -0.620. The lowest BCUT2D eigenvalue weighted by Gasteiger charge is -2.10. The molecular weight excluding hydrogens is 274 g/mol. The fourth-order valence-corrected chi connectivity index (χ4v) is 2.78. The van der Waals surface area contributed by atoms with Gasteiger partial charge in [-0.2, -0.15) is 0 Å². The molecule has 4 nitrogen and oxygen atoms in total. The second kappa shape index (κ2) is 7.74. The predicted octanol–water partition coefficient (Wildman–Crippen LogP) is 1.88. The zero-order chi connectivity index (χ0) is 13.4. The molecule has 0 aliphatic rings. The SMILES string of the molecule is CCOCc1ccccc1CNS(=O)(=O)CCCl. The van der Waals surface area contributed by atoms with Crippen LogP contribution in [0.5, 0.6) is 0 Å². The van der Waals surface area contributed by atoms with Crippen molar-refractivity contribution in [3.63, 3.8) is 0 Å². The molecule has 1 rings (SSSR count). The average molecular weight is 292 g/mol. The van der Waals surface area contributed by atoms with E-state index in [-0.39, 0.29) is 18.2 Å². The third-order valence-electron chi connectivity index (χ3n) is 2.41. The smallest absolute Gasteiger partial charge is 0.213 e. The predicted molar refractivity (Wildman–Crippen MR) is 73.1 cm³/mol. The van der Waals surface area contributed by atoms with Gasteiger partial charge in [-0.25, -0.2) is 13.1 Å². The first-order valence-electron chi connectivity index (χ1n) is 5.77. The fourth-order valence-electron chi connectivity index (χ4n) is 1.44. The molecule has 1 N–H and O–H groups in total. The molecule has 0 aliphatic carbocycles. The Balaban J connectivity index is 2.66. The minimum absolute atomic E-state index is 0.0673. The van der Waals surface area contributed by atoms with Gasteiger partial charge >= 0.3 is 0 Å². The third-order valence-corrected chi connectivity index (χ3v) is 4.15. The van der Waals surface area contributed by atoms with Gasteiger partial charge in [0.1, 0.15) is 0 Å². The van der Waals surface area contributed by atoms with Crippen LogP contribution in [-0.2, 0) is 27.9 Å². The molecule has 0 aromatic heterocycles. The molecule has 0 amide bonds. The van der Waals surface area contributed by atoms with E-state index in [9.17, 15) is 8.42 Å². The van der Waals surface area contributed by atoms with Crippen LogP contribution in [-0.4, -0.2) is 26.7 Å². The molecule has 0 bridgehead atoms. The van der Waals surface area contributed by atoms with Crippen molar-refractivity contribution >= 4 is 21.6 Å². The zero-order valence-corrected chi connectivity index (χ0v) is 11.9. The van der Waals surface area contributed by atoms with Gasteiger partial charge in [-0.05, 0) is 18.1 Å². The first-order valence-corrected chi connectivity index (χ1v) is 7.95. The second-order valence-electron chi connectivity index (χ2n) is 3.73. The third kappa shape index (κ3) is 5.35. The summed E-state index contributed by atoms with van der Waals surface area (Å²) < 4.78 is 30.9. The lowest BCUT2D eigenvalue weighted by Crippen LogP contribution is -2.27. The number of hydrogen-bond acceptors (Lipinski definition) is 3. The largest absolute Gasteiger partial charge is 0.377 e. The molecule has 0 atom stereocenters. The molecule has 0 fully saturated rings. The van der Waals surface area contributed by atoms with Gasteiger partial charge < -0.3 is 4.74 Å². The summed E-state index contributed by atoms with van der Waals surface area (Å²) in [6.07, 6.45) is 0. The average Bonchev–Trinajstić information content (AvgIpc) is 2.35. The van der Waals surface area contributed by atoms with E-state index >= 15 is 0 Å². The Kier molecular flexibility index (Phi) is 6.63. The van der Waals surface area contributed by atoms with E-state index in [1.807, 2.05) is 31.2 Å². The molecule has 0 saturated heterocycles. The summed E-state index contributed by atoms with van der Waals surface area (Å²) in [5, 5.41) is 0.